The van der Waals surface area contributed by atoms with Crippen molar-refractivity contribution in [3.63, 3.8) is 0 Å². The highest BCUT2D eigenvalue weighted by Crippen LogP contribution is 2.14. The van der Waals surface area contributed by atoms with E-state index >= 15 is 0 Å². The number of aromatic nitrogens is 3. The average Bonchev–Trinajstić information content (AvgIpc) is 2.66. The number of hydrogen-bond acceptors (Lipinski definition) is 5. The highest BCUT2D eigenvalue weighted by molar-refractivity contribution is 7.89. The van der Waals surface area contributed by atoms with Crippen LogP contribution in [0.25, 0.3) is 0 Å². The molecule has 0 amide bonds. The van der Waals surface area contributed by atoms with Gasteiger partial charge in [-0.2, -0.15) is 8.42 Å². The lowest BCUT2D eigenvalue weighted by molar-refractivity contribution is 0.579. The van der Waals surface area contributed by atoms with E-state index in [1.807, 2.05) is 0 Å². The molecular weight excluding hydrogens is 228 g/mol. The summed E-state index contributed by atoms with van der Waals surface area (Å²) in [5.74, 6) is 0.402. The molecule has 0 aliphatic carbocycles. The number of nitrogens with zero attached hydrogens (tertiary/aromatic N) is 3. The zero-order chi connectivity index (χ0) is 11.8. The molecule has 2 aromatic rings. The fourth-order valence-electron chi connectivity index (χ4n) is 1.19. The van der Waals surface area contributed by atoms with Crippen molar-refractivity contribution < 1.29 is 8.42 Å². The molecule has 0 atom stereocenters. The predicted molar refractivity (Wildman–Crippen MR) is 58.2 cm³/mol. The second-order valence-electron chi connectivity index (χ2n) is 3.24. The topological polar surface area (TPSA) is 90.9 Å². The molecular formula is C9H10N4O2S. The van der Waals surface area contributed by atoms with Crippen LogP contribution in [0.15, 0.2) is 35.5 Å². The van der Waals surface area contributed by atoms with Crippen LogP contribution >= 0.6 is 0 Å². The third kappa shape index (κ3) is 1.76. The fourth-order valence-corrected chi connectivity index (χ4v) is 2.28. The number of anilines is 1. The van der Waals surface area contributed by atoms with Crippen molar-refractivity contribution in [2.24, 2.45) is 0 Å². The molecule has 84 valence electrons. The van der Waals surface area contributed by atoms with Crippen molar-refractivity contribution in [3.8, 4) is 0 Å². The molecule has 1 aromatic carbocycles. The van der Waals surface area contributed by atoms with Crippen LogP contribution in [0.2, 0.25) is 0 Å². The predicted octanol–water partition coefficient (Wildman–Crippen LogP) is 0.406. The lowest BCUT2D eigenvalue weighted by atomic mass is 10.3. The highest BCUT2D eigenvalue weighted by Gasteiger charge is 2.17. The molecule has 0 radical (unpaired) electrons. The first-order chi connectivity index (χ1) is 7.50. The van der Waals surface area contributed by atoms with Crippen molar-refractivity contribution in [3.05, 3.63) is 36.4 Å². The standard InChI is InChI=1S/C9H10N4O2S/c1-7-11-6-13(12-7)16(14,15)9-4-2-8(10)3-5-9/h2-6H,10H2,1H3. The third-order valence-corrected chi connectivity index (χ3v) is 3.55. The average molecular weight is 238 g/mol. The Hall–Kier alpha value is -1.89. The Kier molecular flexibility index (Phi) is 2.39. The molecule has 7 heteroatoms. The molecule has 0 saturated heterocycles. The molecule has 16 heavy (non-hydrogen) atoms. The zero-order valence-corrected chi connectivity index (χ0v) is 9.35. The van der Waals surface area contributed by atoms with Crippen LogP contribution in [0, 0.1) is 6.92 Å². The van der Waals surface area contributed by atoms with Crippen LogP contribution < -0.4 is 5.73 Å². The van der Waals surface area contributed by atoms with Gasteiger partial charge in [0.05, 0.1) is 4.90 Å². The third-order valence-electron chi connectivity index (χ3n) is 2.01. The van der Waals surface area contributed by atoms with E-state index in [0.29, 0.717) is 11.5 Å². The number of rotatable bonds is 2. The molecule has 1 heterocycles. The molecule has 6 nitrogen and oxygen atoms in total. The van der Waals surface area contributed by atoms with Gasteiger partial charge in [0.2, 0.25) is 0 Å². The minimum Gasteiger partial charge on any atom is -0.399 e. The van der Waals surface area contributed by atoms with Crippen LogP contribution in [0.4, 0.5) is 5.69 Å². The molecule has 0 aliphatic heterocycles. The van der Waals surface area contributed by atoms with Crippen molar-refractivity contribution in [1.29, 1.82) is 0 Å². The van der Waals surface area contributed by atoms with Gasteiger partial charge < -0.3 is 5.73 Å². The molecule has 0 unspecified atom stereocenters. The number of aryl methyl sites for hydroxylation is 1. The monoisotopic (exact) mass is 238 g/mol. The Balaban J connectivity index is 2.51. The fraction of sp³-hybridized carbons (Fsp3) is 0.111. The first-order valence-electron chi connectivity index (χ1n) is 4.49. The van der Waals surface area contributed by atoms with Crippen molar-refractivity contribution in [2.75, 3.05) is 5.73 Å². The number of nitrogen functional groups attached to an aromatic ring is 1. The normalized spacial score (nSPS) is 11.6. The molecule has 2 N–H and O–H groups in total. The summed E-state index contributed by atoms with van der Waals surface area (Å²) >= 11 is 0. The molecule has 0 spiro atoms. The van der Waals surface area contributed by atoms with Crippen LogP contribution in [0.3, 0.4) is 0 Å². The summed E-state index contributed by atoms with van der Waals surface area (Å²) in [7, 11) is -3.65. The molecule has 0 fully saturated rings. The Morgan fingerprint density at radius 1 is 1.25 bits per heavy atom. The van der Waals surface area contributed by atoms with Crippen molar-refractivity contribution >= 4 is 15.7 Å². The van der Waals surface area contributed by atoms with Gasteiger partial charge in [-0.3, -0.25) is 0 Å². The zero-order valence-electron chi connectivity index (χ0n) is 8.53. The van der Waals surface area contributed by atoms with E-state index in [1.54, 1.807) is 6.92 Å². The van der Waals surface area contributed by atoms with Crippen LogP contribution in [0.5, 0.6) is 0 Å². The lowest BCUT2D eigenvalue weighted by Crippen LogP contribution is -2.13. The van der Waals surface area contributed by atoms with E-state index < -0.39 is 10.0 Å². The van der Waals surface area contributed by atoms with E-state index in [-0.39, 0.29) is 4.90 Å². The Morgan fingerprint density at radius 3 is 2.38 bits per heavy atom. The summed E-state index contributed by atoms with van der Waals surface area (Å²) in [5, 5.41) is 3.77. The smallest absolute Gasteiger partial charge is 0.284 e. The van der Waals surface area contributed by atoms with Gasteiger partial charge in [0.15, 0.2) is 0 Å². The van der Waals surface area contributed by atoms with Gasteiger partial charge in [-0.15, -0.1) is 9.19 Å². The van der Waals surface area contributed by atoms with Crippen molar-refractivity contribution in [1.82, 2.24) is 14.2 Å². The lowest BCUT2D eigenvalue weighted by Gasteiger charge is -2.03. The summed E-state index contributed by atoms with van der Waals surface area (Å²) in [6, 6.07) is 5.91. The SMILES string of the molecule is Cc1ncn(S(=O)(=O)c2ccc(N)cc2)n1. The van der Waals surface area contributed by atoms with Crippen LogP contribution in [0.1, 0.15) is 5.82 Å². The van der Waals surface area contributed by atoms with E-state index in [9.17, 15) is 8.42 Å². The van der Waals surface area contributed by atoms with E-state index in [4.69, 9.17) is 5.73 Å². The molecule has 0 aliphatic rings. The second kappa shape index (κ2) is 3.60. The van der Waals surface area contributed by atoms with Crippen LogP contribution in [-0.4, -0.2) is 22.6 Å². The summed E-state index contributed by atoms with van der Waals surface area (Å²) in [4.78, 5) is 3.91. The molecule has 0 saturated carbocycles. The minimum atomic E-state index is -3.65. The minimum absolute atomic E-state index is 0.131. The van der Waals surface area contributed by atoms with Gasteiger partial charge in [0.25, 0.3) is 10.0 Å². The van der Waals surface area contributed by atoms with E-state index in [0.717, 1.165) is 4.09 Å². The maximum absolute atomic E-state index is 12.0. The Bertz CT molecular complexity index is 601. The van der Waals surface area contributed by atoms with E-state index in [1.165, 1.54) is 30.6 Å². The molecule has 2 rings (SSSR count). The van der Waals surface area contributed by atoms with Gasteiger partial charge in [-0.25, -0.2) is 4.98 Å². The van der Waals surface area contributed by atoms with Gasteiger partial charge in [-0.1, -0.05) is 0 Å². The second-order valence-corrected chi connectivity index (χ2v) is 5.03. The summed E-state index contributed by atoms with van der Waals surface area (Å²) in [5.41, 5.74) is 5.99. The van der Waals surface area contributed by atoms with E-state index in [2.05, 4.69) is 10.1 Å². The quantitative estimate of drug-likeness (QED) is 0.765. The van der Waals surface area contributed by atoms with Crippen LogP contribution in [-0.2, 0) is 10.0 Å². The maximum atomic E-state index is 12.0. The summed E-state index contributed by atoms with van der Waals surface area (Å²) in [6.07, 6.45) is 1.17. The van der Waals surface area contributed by atoms with Gasteiger partial charge in [0, 0.05) is 5.69 Å². The number of benzene rings is 1. The summed E-state index contributed by atoms with van der Waals surface area (Å²) in [6.45, 7) is 1.62. The largest absolute Gasteiger partial charge is 0.399 e. The highest BCUT2D eigenvalue weighted by atomic mass is 32.2. The Morgan fingerprint density at radius 2 is 1.88 bits per heavy atom. The van der Waals surface area contributed by atoms with Crippen molar-refractivity contribution in [2.45, 2.75) is 11.8 Å². The maximum Gasteiger partial charge on any atom is 0.284 e. The number of nitrogens with two attached hydrogens (primary N) is 1. The summed E-state index contributed by atoms with van der Waals surface area (Å²) < 4.78 is 24.8. The number of hydrogen-bond donors (Lipinski definition) is 1. The first-order valence-corrected chi connectivity index (χ1v) is 5.93. The van der Waals surface area contributed by atoms with Gasteiger partial charge in [0.1, 0.15) is 12.2 Å². The first kappa shape index (κ1) is 10.6. The molecule has 0 bridgehead atoms. The Labute approximate surface area is 92.8 Å². The van der Waals surface area contributed by atoms with Gasteiger partial charge >= 0.3 is 0 Å². The molecule has 1 aromatic heterocycles. The van der Waals surface area contributed by atoms with Gasteiger partial charge in [-0.05, 0) is 31.2 Å².